The highest BCUT2D eigenvalue weighted by Gasteiger charge is 2.33. The zero-order chi connectivity index (χ0) is 16.7. The van der Waals surface area contributed by atoms with E-state index < -0.39 is 14.6 Å². The molecule has 0 amide bonds. The maximum atomic E-state index is 12.4. The van der Waals surface area contributed by atoms with Gasteiger partial charge in [-0.15, -0.1) is 0 Å². The molecule has 3 heterocycles. The van der Waals surface area contributed by atoms with Crippen molar-refractivity contribution in [2.24, 2.45) is 0 Å². The van der Waals surface area contributed by atoms with Crippen LogP contribution in [0.5, 0.6) is 0 Å². The molecule has 1 unspecified atom stereocenters. The largest absolute Gasteiger partial charge is 0.367 e. The van der Waals surface area contributed by atoms with E-state index in [0.717, 1.165) is 25.3 Å². The lowest BCUT2D eigenvalue weighted by Gasteiger charge is -2.44. The molecule has 0 aliphatic carbocycles. The van der Waals surface area contributed by atoms with Gasteiger partial charge in [0.15, 0.2) is 14.9 Å². The summed E-state index contributed by atoms with van der Waals surface area (Å²) in [7, 11) is -3.38. The van der Waals surface area contributed by atoms with Crippen molar-refractivity contribution in [1.82, 2.24) is 9.88 Å². The van der Waals surface area contributed by atoms with Gasteiger partial charge in [0.05, 0.1) is 16.6 Å². The Balaban J connectivity index is 1.75. The molecule has 0 bridgehead atoms. The molecule has 128 valence electrons. The Morgan fingerprint density at radius 1 is 1.13 bits per heavy atom. The molecule has 2 saturated heterocycles. The third kappa shape index (κ3) is 3.24. The molecule has 0 aromatic carbocycles. The zero-order valence-electron chi connectivity index (χ0n) is 14.3. The first-order valence-electron chi connectivity index (χ1n) is 8.49. The van der Waals surface area contributed by atoms with Crippen LogP contribution in [0, 0.1) is 0 Å². The lowest BCUT2D eigenvalue weighted by Crippen LogP contribution is -2.54. The Morgan fingerprint density at radius 3 is 2.57 bits per heavy atom. The predicted octanol–water partition coefficient (Wildman–Crippen LogP) is 2.33. The van der Waals surface area contributed by atoms with E-state index in [4.69, 9.17) is 0 Å². The fourth-order valence-corrected chi connectivity index (χ4v) is 4.49. The summed E-state index contributed by atoms with van der Waals surface area (Å²) in [5, 5.41) is 0.171. The minimum Gasteiger partial charge on any atom is -0.367 e. The molecule has 2 aliphatic rings. The number of fused-ring (bicyclic) bond motifs is 1. The summed E-state index contributed by atoms with van der Waals surface area (Å²) in [6.45, 7) is 9.45. The summed E-state index contributed by atoms with van der Waals surface area (Å²) in [6, 6.07) is 4.20. The van der Waals surface area contributed by atoms with Gasteiger partial charge < -0.3 is 4.90 Å². The van der Waals surface area contributed by atoms with Gasteiger partial charge in [-0.2, -0.15) is 0 Å². The van der Waals surface area contributed by atoms with E-state index in [2.05, 4.69) is 14.8 Å². The SMILES string of the molecule is CC(C)(C)S(=O)(=O)c1ccc(N2CCN3CCCCC3C2)cn1. The second-order valence-corrected chi connectivity index (χ2v) is 10.3. The molecule has 2 fully saturated rings. The first-order valence-corrected chi connectivity index (χ1v) is 9.97. The van der Waals surface area contributed by atoms with Gasteiger partial charge in [-0.3, -0.25) is 4.90 Å². The summed E-state index contributed by atoms with van der Waals surface area (Å²) < 4.78 is 24.1. The number of sulfone groups is 1. The Labute approximate surface area is 139 Å². The smallest absolute Gasteiger partial charge is 0.200 e. The van der Waals surface area contributed by atoms with Gasteiger partial charge in [0.2, 0.25) is 0 Å². The number of anilines is 1. The number of pyridine rings is 1. The quantitative estimate of drug-likeness (QED) is 0.829. The van der Waals surface area contributed by atoms with E-state index in [0.29, 0.717) is 6.04 Å². The highest BCUT2D eigenvalue weighted by molar-refractivity contribution is 7.92. The Morgan fingerprint density at radius 2 is 1.91 bits per heavy atom. The first-order chi connectivity index (χ1) is 10.8. The minimum absolute atomic E-state index is 0.171. The molecular formula is C17H27N3O2S. The van der Waals surface area contributed by atoms with Crippen LogP contribution in [0.15, 0.2) is 23.4 Å². The lowest BCUT2D eigenvalue weighted by molar-refractivity contribution is 0.133. The number of rotatable bonds is 2. The number of piperidine rings is 1. The van der Waals surface area contributed by atoms with E-state index in [-0.39, 0.29) is 5.03 Å². The predicted molar refractivity (Wildman–Crippen MR) is 92.6 cm³/mol. The first kappa shape index (κ1) is 16.7. The fraction of sp³-hybridized carbons (Fsp3) is 0.706. The average molecular weight is 337 g/mol. The standard InChI is InChI=1S/C17H27N3O2S/c1-17(2,3)23(21,22)16-8-7-14(12-18-16)20-11-10-19-9-5-4-6-15(19)13-20/h7-8,12,15H,4-6,9-11,13H2,1-3H3. The summed E-state index contributed by atoms with van der Waals surface area (Å²) >= 11 is 0. The Hall–Kier alpha value is -1.14. The molecule has 5 nitrogen and oxygen atoms in total. The van der Waals surface area contributed by atoms with E-state index in [9.17, 15) is 8.42 Å². The van der Waals surface area contributed by atoms with Crippen LogP contribution in [0.4, 0.5) is 5.69 Å². The van der Waals surface area contributed by atoms with Crippen molar-refractivity contribution in [3.05, 3.63) is 18.3 Å². The maximum Gasteiger partial charge on any atom is 0.200 e. The molecule has 1 aromatic rings. The van der Waals surface area contributed by atoms with Crippen LogP contribution >= 0.6 is 0 Å². The number of hydrogen-bond acceptors (Lipinski definition) is 5. The van der Waals surface area contributed by atoms with E-state index >= 15 is 0 Å². The van der Waals surface area contributed by atoms with Gasteiger partial charge in [0.25, 0.3) is 0 Å². The van der Waals surface area contributed by atoms with Gasteiger partial charge in [-0.1, -0.05) is 6.42 Å². The molecule has 0 radical (unpaired) electrons. The summed E-state index contributed by atoms with van der Waals surface area (Å²) in [6.07, 6.45) is 5.62. The molecule has 23 heavy (non-hydrogen) atoms. The van der Waals surface area contributed by atoms with Crippen LogP contribution in [0.25, 0.3) is 0 Å². The molecule has 1 aromatic heterocycles. The van der Waals surface area contributed by atoms with Crippen LogP contribution in [-0.4, -0.2) is 55.3 Å². The summed E-state index contributed by atoms with van der Waals surface area (Å²) in [4.78, 5) is 9.18. The molecule has 0 N–H and O–H groups in total. The van der Waals surface area contributed by atoms with Crippen LogP contribution in [0.3, 0.4) is 0 Å². The monoisotopic (exact) mass is 337 g/mol. The summed E-state index contributed by atoms with van der Waals surface area (Å²) in [5.74, 6) is 0. The second-order valence-electron chi connectivity index (χ2n) is 7.60. The number of piperazine rings is 1. The maximum absolute atomic E-state index is 12.4. The molecule has 3 rings (SSSR count). The Bertz CT molecular complexity index is 649. The third-order valence-electron chi connectivity index (χ3n) is 5.00. The van der Waals surface area contributed by atoms with Gasteiger partial charge in [0, 0.05) is 25.7 Å². The molecule has 6 heteroatoms. The summed E-state index contributed by atoms with van der Waals surface area (Å²) in [5.41, 5.74) is 1.03. The lowest BCUT2D eigenvalue weighted by atomic mass is 9.99. The van der Waals surface area contributed by atoms with Crippen molar-refractivity contribution in [1.29, 1.82) is 0 Å². The highest BCUT2D eigenvalue weighted by atomic mass is 32.2. The van der Waals surface area contributed by atoms with Crippen molar-refractivity contribution in [2.75, 3.05) is 31.1 Å². The van der Waals surface area contributed by atoms with Crippen LogP contribution in [0.1, 0.15) is 40.0 Å². The zero-order valence-corrected chi connectivity index (χ0v) is 15.1. The van der Waals surface area contributed by atoms with Crippen molar-refractivity contribution in [2.45, 2.75) is 55.8 Å². The van der Waals surface area contributed by atoms with Gasteiger partial charge >= 0.3 is 0 Å². The van der Waals surface area contributed by atoms with Crippen molar-refractivity contribution >= 4 is 15.5 Å². The highest BCUT2D eigenvalue weighted by Crippen LogP contribution is 2.27. The van der Waals surface area contributed by atoms with Crippen molar-refractivity contribution in [3.8, 4) is 0 Å². The number of aromatic nitrogens is 1. The topological polar surface area (TPSA) is 53.5 Å². The fourth-order valence-electron chi connectivity index (χ4n) is 3.42. The normalized spacial score (nSPS) is 23.6. The van der Waals surface area contributed by atoms with Crippen molar-refractivity contribution in [3.63, 3.8) is 0 Å². The van der Waals surface area contributed by atoms with Crippen LogP contribution < -0.4 is 4.90 Å². The van der Waals surface area contributed by atoms with Crippen LogP contribution in [0.2, 0.25) is 0 Å². The van der Waals surface area contributed by atoms with Crippen LogP contribution in [-0.2, 0) is 9.84 Å². The minimum atomic E-state index is -3.38. The van der Waals surface area contributed by atoms with Gasteiger partial charge in [-0.25, -0.2) is 13.4 Å². The number of hydrogen-bond donors (Lipinski definition) is 0. The van der Waals surface area contributed by atoms with E-state index in [1.807, 2.05) is 6.07 Å². The number of nitrogens with zero attached hydrogens (tertiary/aromatic N) is 3. The molecule has 2 aliphatic heterocycles. The van der Waals surface area contributed by atoms with E-state index in [1.54, 1.807) is 33.0 Å². The molecular weight excluding hydrogens is 310 g/mol. The molecule has 1 atom stereocenters. The average Bonchev–Trinajstić information content (AvgIpc) is 2.53. The van der Waals surface area contributed by atoms with Gasteiger partial charge in [-0.05, 0) is 52.3 Å². The van der Waals surface area contributed by atoms with Gasteiger partial charge in [0.1, 0.15) is 0 Å². The Kier molecular flexibility index (Phi) is 4.40. The molecule has 0 spiro atoms. The van der Waals surface area contributed by atoms with E-state index in [1.165, 1.54) is 25.8 Å². The second kappa shape index (κ2) is 6.06. The third-order valence-corrected chi connectivity index (χ3v) is 7.41. The molecule has 0 saturated carbocycles. The van der Waals surface area contributed by atoms with Crippen molar-refractivity contribution < 1.29 is 8.42 Å².